The van der Waals surface area contributed by atoms with E-state index >= 15 is 0 Å². The van der Waals surface area contributed by atoms with Gasteiger partial charge in [0, 0.05) is 19.1 Å². The molecule has 0 aliphatic carbocycles. The van der Waals surface area contributed by atoms with E-state index < -0.39 is 0 Å². The van der Waals surface area contributed by atoms with Crippen molar-refractivity contribution in [2.45, 2.75) is 45.6 Å². The third-order valence-electron chi connectivity index (χ3n) is 3.19. The zero-order valence-electron chi connectivity index (χ0n) is 10.2. The molecule has 2 nitrogen and oxygen atoms in total. The third-order valence-corrected chi connectivity index (χ3v) is 3.19. The second kappa shape index (κ2) is 7.18. The number of hydrogen-bond acceptors (Lipinski definition) is 2. The summed E-state index contributed by atoms with van der Waals surface area (Å²) in [6.07, 6.45) is 4.80. The molecule has 1 heterocycles. The summed E-state index contributed by atoms with van der Waals surface area (Å²) in [5.41, 5.74) is 0. The van der Waals surface area contributed by atoms with E-state index in [1.165, 1.54) is 32.4 Å². The van der Waals surface area contributed by atoms with Crippen molar-refractivity contribution in [3.05, 3.63) is 0 Å². The molecule has 1 saturated heterocycles. The molecule has 1 aliphatic heterocycles. The van der Waals surface area contributed by atoms with Crippen LogP contribution in [0.5, 0.6) is 0 Å². The van der Waals surface area contributed by atoms with E-state index in [-0.39, 0.29) is 6.80 Å². The second-order valence-corrected chi connectivity index (χ2v) is 4.53. The molecular formula is C12H25FN2. The average molecular weight is 216 g/mol. The van der Waals surface area contributed by atoms with Gasteiger partial charge in [0.1, 0.15) is 6.80 Å². The zero-order valence-corrected chi connectivity index (χ0v) is 10.2. The van der Waals surface area contributed by atoms with E-state index in [0.29, 0.717) is 6.04 Å². The van der Waals surface area contributed by atoms with E-state index in [2.05, 4.69) is 18.7 Å². The summed E-state index contributed by atoms with van der Waals surface area (Å²) in [7, 11) is 0. The van der Waals surface area contributed by atoms with Gasteiger partial charge in [-0.3, -0.25) is 9.80 Å². The lowest BCUT2D eigenvalue weighted by Crippen LogP contribution is -2.48. The van der Waals surface area contributed by atoms with Gasteiger partial charge in [0.2, 0.25) is 0 Å². The van der Waals surface area contributed by atoms with Crippen LogP contribution in [-0.4, -0.2) is 48.8 Å². The van der Waals surface area contributed by atoms with Crippen molar-refractivity contribution in [3.8, 4) is 0 Å². The highest BCUT2D eigenvalue weighted by Gasteiger charge is 2.23. The maximum absolute atomic E-state index is 12.6. The predicted molar refractivity (Wildman–Crippen MR) is 62.7 cm³/mol. The Morgan fingerprint density at radius 2 is 1.93 bits per heavy atom. The van der Waals surface area contributed by atoms with Crippen LogP contribution in [0.1, 0.15) is 39.5 Å². The molecule has 0 aromatic heterocycles. The van der Waals surface area contributed by atoms with E-state index in [1.54, 1.807) is 0 Å². The van der Waals surface area contributed by atoms with Gasteiger partial charge in [0.15, 0.2) is 0 Å². The zero-order chi connectivity index (χ0) is 11.1. The van der Waals surface area contributed by atoms with E-state index in [0.717, 1.165) is 19.5 Å². The number of halogens is 1. The molecule has 3 heteroatoms. The van der Waals surface area contributed by atoms with Crippen LogP contribution < -0.4 is 0 Å². The Bertz CT molecular complexity index is 158. The maximum Gasteiger partial charge on any atom is 0.143 e. The van der Waals surface area contributed by atoms with E-state index in [9.17, 15) is 4.39 Å². The molecule has 0 aromatic carbocycles. The molecule has 90 valence electrons. The number of alkyl halides is 1. The fourth-order valence-corrected chi connectivity index (χ4v) is 2.49. The average Bonchev–Trinajstić information content (AvgIpc) is 2.29. The topological polar surface area (TPSA) is 6.48 Å². The lowest BCUT2D eigenvalue weighted by Gasteiger charge is -2.38. The number of likely N-dealkylation sites (tertiary alicyclic amines) is 1. The molecule has 0 N–H and O–H groups in total. The minimum absolute atomic E-state index is 0.275. The highest BCUT2D eigenvalue weighted by atomic mass is 19.1. The number of piperidine rings is 1. The highest BCUT2D eigenvalue weighted by molar-refractivity contribution is 4.79. The molecule has 0 bridgehead atoms. The molecule has 0 aromatic rings. The SMILES string of the molecule is CCCN(CCC)C1CCCN(CF)C1. The first kappa shape index (κ1) is 12.9. The molecule has 1 fully saturated rings. The summed E-state index contributed by atoms with van der Waals surface area (Å²) < 4.78 is 12.6. The summed E-state index contributed by atoms with van der Waals surface area (Å²) in [6, 6.07) is 0.592. The van der Waals surface area contributed by atoms with Crippen molar-refractivity contribution < 1.29 is 4.39 Å². The minimum Gasteiger partial charge on any atom is -0.299 e. The summed E-state index contributed by atoms with van der Waals surface area (Å²) in [6.45, 7) is 8.37. The monoisotopic (exact) mass is 216 g/mol. The Balaban J connectivity index is 2.42. The first-order valence-corrected chi connectivity index (χ1v) is 6.34. The largest absolute Gasteiger partial charge is 0.299 e. The molecule has 15 heavy (non-hydrogen) atoms. The van der Waals surface area contributed by atoms with Crippen LogP contribution in [0.15, 0.2) is 0 Å². The molecule has 0 saturated carbocycles. The summed E-state index contributed by atoms with van der Waals surface area (Å²) in [5, 5.41) is 0. The maximum atomic E-state index is 12.6. The Hall–Kier alpha value is -0.150. The van der Waals surface area contributed by atoms with Crippen LogP contribution >= 0.6 is 0 Å². The van der Waals surface area contributed by atoms with Gasteiger partial charge < -0.3 is 0 Å². The van der Waals surface area contributed by atoms with Crippen LogP contribution in [0.3, 0.4) is 0 Å². The Labute approximate surface area is 93.4 Å². The molecule has 1 unspecified atom stereocenters. The quantitative estimate of drug-likeness (QED) is 0.629. The van der Waals surface area contributed by atoms with Gasteiger partial charge >= 0.3 is 0 Å². The molecule has 1 atom stereocenters. The van der Waals surface area contributed by atoms with Crippen LogP contribution in [0.25, 0.3) is 0 Å². The number of rotatable bonds is 6. The minimum atomic E-state index is -0.275. The van der Waals surface area contributed by atoms with Crippen molar-refractivity contribution in [3.63, 3.8) is 0 Å². The summed E-state index contributed by atoms with van der Waals surface area (Å²) in [4.78, 5) is 4.48. The Morgan fingerprint density at radius 1 is 1.27 bits per heavy atom. The smallest absolute Gasteiger partial charge is 0.143 e. The Kier molecular flexibility index (Phi) is 6.18. The molecule has 0 radical (unpaired) electrons. The molecule has 0 amide bonds. The fraction of sp³-hybridized carbons (Fsp3) is 1.00. The van der Waals surface area contributed by atoms with Gasteiger partial charge in [-0.2, -0.15) is 0 Å². The Morgan fingerprint density at radius 3 is 2.47 bits per heavy atom. The van der Waals surface area contributed by atoms with Crippen molar-refractivity contribution in [1.29, 1.82) is 0 Å². The standard InChI is InChI=1S/C12H25FN2/c1-3-7-15(8-4-2)12-6-5-9-14(10-12)11-13/h12H,3-11H2,1-2H3. The molecule has 1 rings (SSSR count). The van der Waals surface area contributed by atoms with Gasteiger partial charge in [-0.05, 0) is 38.8 Å². The first-order chi connectivity index (χ1) is 7.31. The number of hydrogen-bond donors (Lipinski definition) is 0. The predicted octanol–water partition coefficient (Wildman–Crippen LogP) is 2.50. The van der Waals surface area contributed by atoms with Gasteiger partial charge in [0.25, 0.3) is 0 Å². The van der Waals surface area contributed by atoms with E-state index in [4.69, 9.17) is 0 Å². The second-order valence-electron chi connectivity index (χ2n) is 4.53. The van der Waals surface area contributed by atoms with Crippen LogP contribution in [-0.2, 0) is 0 Å². The normalized spacial score (nSPS) is 23.6. The number of nitrogens with zero attached hydrogens (tertiary/aromatic N) is 2. The van der Waals surface area contributed by atoms with Crippen molar-refractivity contribution in [2.75, 3.05) is 33.0 Å². The highest BCUT2D eigenvalue weighted by Crippen LogP contribution is 2.16. The summed E-state index contributed by atoms with van der Waals surface area (Å²) in [5.74, 6) is 0. The third kappa shape index (κ3) is 4.07. The van der Waals surface area contributed by atoms with Gasteiger partial charge in [0.05, 0.1) is 0 Å². The van der Waals surface area contributed by atoms with Crippen LogP contribution in [0.2, 0.25) is 0 Å². The lowest BCUT2D eigenvalue weighted by molar-refractivity contribution is 0.0711. The van der Waals surface area contributed by atoms with E-state index in [1.807, 2.05) is 4.90 Å². The van der Waals surface area contributed by atoms with Gasteiger partial charge in [-0.25, -0.2) is 4.39 Å². The van der Waals surface area contributed by atoms with Gasteiger partial charge in [-0.1, -0.05) is 13.8 Å². The van der Waals surface area contributed by atoms with Gasteiger partial charge in [-0.15, -0.1) is 0 Å². The first-order valence-electron chi connectivity index (χ1n) is 6.34. The molecule has 0 spiro atoms. The lowest BCUT2D eigenvalue weighted by atomic mass is 10.0. The van der Waals surface area contributed by atoms with Crippen LogP contribution in [0, 0.1) is 0 Å². The molecule has 1 aliphatic rings. The van der Waals surface area contributed by atoms with Crippen molar-refractivity contribution in [1.82, 2.24) is 9.80 Å². The fourth-order valence-electron chi connectivity index (χ4n) is 2.49. The molecular weight excluding hydrogens is 191 g/mol. The summed E-state index contributed by atoms with van der Waals surface area (Å²) >= 11 is 0. The van der Waals surface area contributed by atoms with Crippen molar-refractivity contribution >= 4 is 0 Å². The van der Waals surface area contributed by atoms with Crippen LogP contribution in [0.4, 0.5) is 4.39 Å². The van der Waals surface area contributed by atoms with Crippen molar-refractivity contribution in [2.24, 2.45) is 0 Å².